The summed E-state index contributed by atoms with van der Waals surface area (Å²) < 4.78 is 20.3. The van der Waals surface area contributed by atoms with Crippen molar-refractivity contribution in [2.24, 2.45) is 5.92 Å². The van der Waals surface area contributed by atoms with E-state index in [1.54, 1.807) is 30.8 Å². The number of anilines is 1. The molecule has 29 heavy (non-hydrogen) atoms. The van der Waals surface area contributed by atoms with Crippen molar-refractivity contribution in [3.05, 3.63) is 52.5 Å². The number of fused-ring (bicyclic) bond motifs is 1. The molecule has 0 saturated carbocycles. The summed E-state index contributed by atoms with van der Waals surface area (Å²) in [6, 6.07) is 8.26. The van der Waals surface area contributed by atoms with Gasteiger partial charge in [0.25, 0.3) is 0 Å². The minimum absolute atomic E-state index is 0.509. The fourth-order valence-corrected chi connectivity index (χ4v) is 8.39. The second-order valence-corrected chi connectivity index (χ2v) is 12.1. The molecule has 2 atom stereocenters. The Labute approximate surface area is 175 Å². The van der Waals surface area contributed by atoms with Gasteiger partial charge in [0, 0.05) is 33.8 Å². The van der Waals surface area contributed by atoms with Crippen LogP contribution in [0.15, 0.2) is 42.0 Å². The van der Waals surface area contributed by atoms with Crippen molar-refractivity contribution >= 4 is 40.5 Å². The van der Waals surface area contributed by atoms with Crippen LogP contribution in [0.2, 0.25) is 0 Å². The van der Waals surface area contributed by atoms with Gasteiger partial charge in [-0.2, -0.15) is 0 Å². The number of ether oxygens (including phenoxy) is 1. The molecule has 0 bridgehead atoms. The lowest BCUT2D eigenvalue weighted by Crippen LogP contribution is -2.08. The van der Waals surface area contributed by atoms with Crippen molar-refractivity contribution in [2.75, 3.05) is 31.3 Å². The number of methoxy groups -OCH3 is 1. The fourth-order valence-electron chi connectivity index (χ4n) is 3.75. The second kappa shape index (κ2) is 8.29. The van der Waals surface area contributed by atoms with Crippen molar-refractivity contribution in [1.82, 2.24) is 9.97 Å². The topological polar surface area (TPSA) is 64.1 Å². The Morgan fingerprint density at radius 2 is 2.21 bits per heavy atom. The molecule has 4 rings (SSSR count). The first-order valence-electron chi connectivity index (χ1n) is 9.84. The average Bonchev–Trinajstić information content (AvgIpc) is 3.28. The Morgan fingerprint density at radius 3 is 2.90 bits per heavy atom. The maximum absolute atomic E-state index is 13.8. The van der Waals surface area contributed by atoms with Crippen LogP contribution in [0.5, 0.6) is 5.75 Å². The van der Waals surface area contributed by atoms with Crippen LogP contribution in [0, 0.1) is 12.8 Å². The summed E-state index contributed by atoms with van der Waals surface area (Å²) in [5.41, 5.74) is 0.879. The minimum Gasteiger partial charge on any atom is -0.497 e. The number of aryl methyl sites for hydroxylation is 1. The average molecular weight is 428 g/mol. The predicted octanol–water partition coefficient (Wildman–Crippen LogP) is 5.86. The van der Waals surface area contributed by atoms with E-state index in [9.17, 15) is 4.57 Å². The summed E-state index contributed by atoms with van der Waals surface area (Å²) in [7, 11) is -0.694. The molecule has 1 aliphatic rings. The maximum atomic E-state index is 13.8. The molecule has 1 N–H and O–H groups in total. The van der Waals surface area contributed by atoms with E-state index in [4.69, 9.17) is 4.74 Å². The molecule has 1 unspecified atom stereocenters. The lowest BCUT2D eigenvalue weighted by molar-refractivity contribution is 0.415. The van der Waals surface area contributed by atoms with Gasteiger partial charge in [0.15, 0.2) is 0 Å². The first-order valence-corrected chi connectivity index (χ1v) is 12.7. The molecular weight excluding hydrogens is 401 g/mol. The molecule has 7 heteroatoms. The molecule has 1 aromatic carbocycles. The van der Waals surface area contributed by atoms with Crippen molar-refractivity contribution in [1.29, 1.82) is 0 Å². The molecule has 3 heterocycles. The molecule has 3 aromatic rings. The first-order chi connectivity index (χ1) is 13.9. The number of benzene rings is 1. The Hall–Kier alpha value is -2.17. The standard InChI is InChI=1S/C22H26N3O2PS/c1-15-6-7-28(26,14-15)19(12-25-22-13-23-16(2)11-24-22)10-20-8-17-4-5-18(27-3)9-21(17)29-20/h4-5,8-11,13,15H,6-7,12,14H2,1-3H3,(H,24,25)/t15-,28?/m1/s1. The number of aromatic nitrogens is 2. The highest BCUT2D eigenvalue weighted by Crippen LogP contribution is 2.61. The summed E-state index contributed by atoms with van der Waals surface area (Å²) in [5, 5.41) is 5.51. The van der Waals surface area contributed by atoms with Crippen molar-refractivity contribution in [3.63, 3.8) is 0 Å². The van der Waals surface area contributed by atoms with Gasteiger partial charge in [0.1, 0.15) is 18.7 Å². The highest BCUT2D eigenvalue weighted by Gasteiger charge is 2.35. The summed E-state index contributed by atoms with van der Waals surface area (Å²) in [5.74, 6) is 2.07. The van der Waals surface area contributed by atoms with Crippen LogP contribution in [0.3, 0.4) is 0 Å². The number of hydrogen-bond donors (Lipinski definition) is 1. The monoisotopic (exact) mass is 427 g/mol. The van der Waals surface area contributed by atoms with Crippen molar-refractivity contribution < 1.29 is 9.30 Å². The Bertz CT molecular complexity index is 1090. The molecule has 1 fully saturated rings. The van der Waals surface area contributed by atoms with Crippen LogP contribution < -0.4 is 10.1 Å². The highest BCUT2D eigenvalue weighted by molar-refractivity contribution is 7.68. The van der Waals surface area contributed by atoms with Crippen molar-refractivity contribution in [3.8, 4) is 5.75 Å². The van der Waals surface area contributed by atoms with E-state index in [0.717, 1.165) is 40.4 Å². The SMILES string of the molecule is COc1ccc2cc(C=C(CNc3cnc(C)cn3)P3(=O)CC[C@@H](C)C3)sc2c1. The quantitative estimate of drug-likeness (QED) is 0.499. The van der Waals surface area contributed by atoms with Gasteiger partial charge in [-0.3, -0.25) is 4.98 Å². The van der Waals surface area contributed by atoms with Crippen LogP contribution in [0.1, 0.15) is 23.9 Å². The van der Waals surface area contributed by atoms with Gasteiger partial charge in [-0.25, -0.2) is 4.98 Å². The third-order valence-electron chi connectivity index (χ3n) is 5.40. The Kier molecular flexibility index (Phi) is 5.75. The number of hydrogen-bond acceptors (Lipinski definition) is 6. The molecule has 0 aliphatic carbocycles. The molecule has 0 amide bonds. The molecule has 2 aromatic heterocycles. The van der Waals surface area contributed by atoms with Crippen LogP contribution in [-0.2, 0) is 4.57 Å². The lowest BCUT2D eigenvalue weighted by Gasteiger charge is -2.17. The largest absolute Gasteiger partial charge is 0.497 e. The summed E-state index contributed by atoms with van der Waals surface area (Å²) in [4.78, 5) is 9.78. The van der Waals surface area contributed by atoms with Gasteiger partial charge in [-0.1, -0.05) is 6.92 Å². The Balaban J connectivity index is 1.65. The van der Waals surface area contributed by atoms with Crippen LogP contribution in [0.25, 0.3) is 16.2 Å². The van der Waals surface area contributed by atoms with E-state index in [0.29, 0.717) is 18.3 Å². The van der Waals surface area contributed by atoms with Gasteiger partial charge < -0.3 is 14.6 Å². The molecule has 1 aliphatic heterocycles. The molecule has 1 saturated heterocycles. The molecule has 152 valence electrons. The van der Waals surface area contributed by atoms with Crippen molar-refractivity contribution in [2.45, 2.75) is 20.3 Å². The maximum Gasteiger partial charge on any atom is 0.144 e. The van der Waals surface area contributed by atoms with Crippen LogP contribution in [0.4, 0.5) is 5.82 Å². The van der Waals surface area contributed by atoms with E-state index >= 15 is 0 Å². The van der Waals surface area contributed by atoms with Gasteiger partial charge in [0.05, 0.1) is 25.2 Å². The smallest absolute Gasteiger partial charge is 0.144 e. The van der Waals surface area contributed by atoms with Gasteiger partial charge >= 0.3 is 0 Å². The molecule has 0 radical (unpaired) electrons. The van der Waals surface area contributed by atoms with E-state index in [1.807, 2.05) is 13.0 Å². The van der Waals surface area contributed by atoms with E-state index in [-0.39, 0.29) is 0 Å². The molecule has 0 spiro atoms. The minimum atomic E-state index is -2.37. The summed E-state index contributed by atoms with van der Waals surface area (Å²) in [6.45, 7) is 4.64. The normalized spacial score (nSPS) is 22.2. The third-order valence-corrected chi connectivity index (χ3v) is 9.97. The fraction of sp³-hybridized carbons (Fsp3) is 0.364. The highest BCUT2D eigenvalue weighted by atomic mass is 32.1. The summed E-state index contributed by atoms with van der Waals surface area (Å²) in [6.07, 6.45) is 8.21. The van der Waals surface area contributed by atoms with Crippen LogP contribution >= 0.6 is 18.5 Å². The zero-order valence-corrected chi connectivity index (χ0v) is 18.7. The predicted molar refractivity (Wildman–Crippen MR) is 123 cm³/mol. The number of rotatable bonds is 6. The second-order valence-electron chi connectivity index (χ2n) is 7.77. The molecule has 5 nitrogen and oxygen atoms in total. The Morgan fingerprint density at radius 1 is 1.34 bits per heavy atom. The zero-order valence-electron chi connectivity index (χ0n) is 17.0. The zero-order chi connectivity index (χ0) is 20.4. The van der Waals surface area contributed by atoms with Gasteiger partial charge in [0.2, 0.25) is 0 Å². The van der Waals surface area contributed by atoms with Gasteiger partial charge in [-0.15, -0.1) is 11.3 Å². The summed E-state index contributed by atoms with van der Waals surface area (Å²) >= 11 is 1.70. The first kappa shape index (κ1) is 20.1. The molecular formula is C22H26N3O2PS. The van der Waals surface area contributed by atoms with Gasteiger partial charge in [-0.05, 0) is 55.0 Å². The number of nitrogens with one attached hydrogen (secondary N) is 1. The van der Waals surface area contributed by atoms with E-state index in [1.165, 1.54) is 10.1 Å². The lowest BCUT2D eigenvalue weighted by atomic mass is 10.2. The van der Waals surface area contributed by atoms with E-state index < -0.39 is 7.14 Å². The third kappa shape index (κ3) is 4.54. The number of nitrogens with zero attached hydrogens (tertiary/aromatic N) is 2. The van der Waals surface area contributed by atoms with Crippen LogP contribution in [-0.4, -0.2) is 35.9 Å². The van der Waals surface area contributed by atoms with E-state index in [2.05, 4.69) is 46.5 Å². The number of thiophene rings is 1.